The Bertz CT molecular complexity index is 930. The summed E-state index contributed by atoms with van der Waals surface area (Å²) in [7, 11) is 3.34. The van der Waals surface area contributed by atoms with E-state index in [1.165, 1.54) is 0 Å². The van der Waals surface area contributed by atoms with E-state index in [1.807, 2.05) is 24.3 Å². The Kier molecular flexibility index (Phi) is 5.58. The number of methoxy groups -OCH3 is 1. The molecule has 1 aromatic heterocycles. The van der Waals surface area contributed by atoms with Crippen molar-refractivity contribution in [1.82, 2.24) is 9.88 Å². The van der Waals surface area contributed by atoms with Crippen LogP contribution in [0.3, 0.4) is 0 Å². The topological polar surface area (TPSA) is 51.7 Å². The van der Waals surface area contributed by atoms with Gasteiger partial charge in [-0.2, -0.15) is 0 Å². The fourth-order valence-corrected chi connectivity index (χ4v) is 2.81. The van der Waals surface area contributed by atoms with E-state index in [-0.39, 0.29) is 5.91 Å². The maximum atomic E-state index is 12.8. The molecule has 1 heterocycles. The third-order valence-corrected chi connectivity index (χ3v) is 4.27. The van der Waals surface area contributed by atoms with Crippen LogP contribution in [0.2, 0.25) is 5.02 Å². The molecule has 0 aliphatic heterocycles. The molecule has 0 saturated heterocycles. The zero-order valence-corrected chi connectivity index (χ0v) is 15.4. The number of ether oxygens (including phenoxy) is 2. The van der Waals surface area contributed by atoms with Crippen LogP contribution in [0, 0.1) is 0 Å². The van der Waals surface area contributed by atoms with Gasteiger partial charge in [-0.15, -0.1) is 0 Å². The molecule has 0 aliphatic carbocycles. The normalized spacial score (nSPS) is 10.6. The number of fused-ring (bicyclic) bond motifs is 1. The lowest BCUT2D eigenvalue weighted by molar-refractivity contribution is 0.0775. The molecule has 6 heteroatoms. The van der Waals surface area contributed by atoms with E-state index in [1.54, 1.807) is 49.5 Å². The average Bonchev–Trinajstić information content (AvgIpc) is 2.67. The highest BCUT2D eigenvalue weighted by molar-refractivity contribution is 6.31. The van der Waals surface area contributed by atoms with Crippen molar-refractivity contribution >= 4 is 28.4 Å². The minimum absolute atomic E-state index is 0.108. The second kappa shape index (κ2) is 8.06. The monoisotopic (exact) mass is 370 g/mol. The van der Waals surface area contributed by atoms with Gasteiger partial charge >= 0.3 is 0 Å². The van der Waals surface area contributed by atoms with Crippen LogP contribution >= 0.6 is 11.6 Å². The molecule has 0 saturated carbocycles. The zero-order valence-electron chi connectivity index (χ0n) is 14.6. The molecule has 0 spiro atoms. The second-order valence-corrected chi connectivity index (χ2v) is 6.18. The van der Waals surface area contributed by atoms with Gasteiger partial charge < -0.3 is 14.4 Å². The number of hydrogen-bond donors (Lipinski definition) is 0. The Morgan fingerprint density at radius 1 is 1.15 bits per heavy atom. The molecule has 1 amide bonds. The van der Waals surface area contributed by atoms with Crippen molar-refractivity contribution in [3.8, 4) is 11.5 Å². The molecule has 0 N–H and O–H groups in total. The van der Waals surface area contributed by atoms with E-state index in [0.717, 1.165) is 10.9 Å². The number of aromatic nitrogens is 1. The van der Waals surface area contributed by atoms with Gasteiger partial charge in [-0.1, -0.05) is 23.7 Å². The number of pyridine rings is 1. The second-order valence-electron chi connectivity index (χ2n) is 5.75. The molecule has 5 nitrogen and oxygen atoms in total. The number of para-hydroxylation sites is 2. The number of halogens is 1. The van der Waals surface area contributed by atoms with Crippen molar-refractivity contribution < 1.29 is 14.3 Å². The van der Waals surface area contributed by atoms with Gasteiger partial charge in [0.15, 0.2) is 11.5 Å². The smallest absolute Gasteiger partial charge is 0.254 e. The van der Waals surface area contributed by atoms with Gasteiger partial charge in [-0.3, -0.25) is 9.78 Å². The Balaban J connectivity index is 1.70. The molecule has 3 aromatic rings. The highest BCUT2D eigenvalue weighted by Gasteiger charge is 2.15. The first-order chi connectivity index (χ1) is 12.6. The van der Waals surface area contributed by atoms with Gasteiger partial charge in [-0.05, 0) is 36.4 Å². The summed E-state index contributed by atoms with van der Waals surface area (Å²) in [6, 6.07) is 14.4. The van der Waals surface area contributed by atoms with E-state index in [9.17, 15) is 4.79 Å². The van der Waals surface area contributed by atoms with E-state index in [4.69, 9.17) is 21.1 Å². The molecule has 0 aliphatic rings. The Morgan fingerprint density at radius 2 is 1.92 bits per heavy atom. The van der Waals surface area contributed by atoms with Crippen LogP contribution in [0.25, 0.3) is 10.9 Å². The first-order valence-electron chi connectivity index (χ1n) is 8.15. The minimum Gasteiger partial charge on any atom is -0.493 e. The maximum Gasteiger partial charge on any atom is 0.254 e. The summed E-state index contributed by atoms with van der Waals surface area (Å²) < 4.78 is 11.0. The predicted molar refractivity (Wildman–Crippen MR) is 102 cm³/mol. The Hall–Kier alpha value is -2.79. The summed E-state index contributed by atoms with van der Waals surface area (Å²) >= 11 is 6.07. The molecule has 0 fully saturated rings. The molecular weight excluding hydrogens is 352 g/mol. The number of carbonyl (C=O) groups excluding carboxylic acids is 1. The van der Waals surface area contributed by atoms with Crippen molar-refractivity contribution in [3.63, 3.8) is 0 Å². The lowest BCUT2D eigenvalue weighted by Crippen LogP contribution is -2.31. The number of likely N-dealkylation sites (N-methyl/N-ethyl adjacent to an activating group) is 1. The van der Waals surface area contributed by atoms with Crippen LogP contribution in [0.5, 0.6) is 11.5 Å². The third kappa shape index (κ3) is 3.89. The van der Waals surface area contributed by atoms with Crippen molar-refractivity contribution in [2.75, 3.05) is 27.3 Å². The molecule has 0 atom stereocenters. The SMILES string of the molecule is COc1ccccc1OCCN(C)C(=O)c1ccnc2ccc(Cl)cc12. The minimum atomic E-state index is -0.108. The Morgan fingerprint density at radius 3 is 2.69 bits per heavy atom. The van der Waals surface area contributed by atoms with Crippen LogP contribution in [-0.4, -0.2) is 43.1 Å². The standard InChI is InChI=1S/C20H19ClN2O3/c1-23(11-12-26-19-6-4-3-5-18(19)25-2)20(24)15-9-10-22-17-8-7-14(21)13-16(15)17/h3-10,13H,11-12H2,1-2H3. The zero-order chi connectivity index (χ0) is 18.5. The van der Waals surface area contributed by atoms with Gasteiger partial charge in [0.25, 0.3) is 5.91 Å². The third-order valence-electron chi connectivity index (χ3n) is 4.03. The lowest BCUT2D eigenvalue weighted by Gasteiger charge is -2.19. The van der Waals surface area contributed by atoms with E-state index < -0.39 is 0 Å². The predicted octanol–water partition coefficient (Wildman–Crippen LogP) is 4.05. The molecule has 3 rings (SSSR count). The van der Waals surface area contributed by atoms with Crippen LogP contribution in [0.1, 0.15) is 10.4 Å². The first-order valence-corrected chi connectivity index (χ1v) is 8.53. The largest absolute Gasteiger partial charge is 0.493 e. The fraction of sp³-hybridized carbons (Fsp3) is 0.200. The van der Waals surface area contributed by atoms with Crippen LogP contribution in [-0.2, 0) is 0 Å². The van der Waals surface area contributed by atoms with Crippen LogP contribution < -0.4 is 9.47 Å². The van der Waals surface area contributed by atoms with E-state index in [2.05, 4.69) is 4.98 Å². The van der Waals surface area contributed by atoms with Gasteiger partial charge in [-0.25, -0.2) is 0 Å². The Labute approximate surface area is 157 Å². The number of hydrogen-bond acceptors (Lipinski definition) is 4. The molecule has 2 aromatic carbocycles. The molecular formula is C20H19ClN2O3. The van der Waals surface area contributed by atoms with Gasteiger partial charge in [0, 0.05) is 23.7 Å². The highest BCUT2D eigenvalue weighted by Crippen LogP contribution is 2.26. The lowest BCUT2D eigenvalue weighted by atomic mass is 10.1. The summed E-state index contributed by atoms with van der Waals surface area (Å²) in [5.74, 6) is 1.21. The molecule has 26 heavy (non-hydrogen) atoms. The summed E-state index contributed by atoms with van der Waals surface area (Å²) in [5.41, 5.74) is 1.30. The van der Waals surface area contributed by atoms with Gasteiger partial charge in [0.05, 0.1) is 24.7 Å². The van der Waals surface area contributed by atoms with Crippen molar-refractivity contribution in [3.05, 3.63) is 65.3 Å². The fourth-order valence-electron chi connectivity index (χ4n) is 2.64. The number of benzene rings is 2. The van der Waals surface area contributed by atoms with Crippen molar-refractivity contribution in [2.45, 2.75) is 0 Å². The number of rotatable bonds is 6. The summed E-state index contributed by atoms with van der Waals surface area (Å²) in [6.45, 7) is 0.785. The van der Waals surface area contributed by atoms with Crippen LogP contribution in [0.4, 0.5) is 0 Å². The van der Waals surface area contributed by atoms with Gasteiger partial charge in [0.2, 0.25) is 0 Å². The van der Waals surface area contributed by atoms with E-state index in [0.29, 0.717) is 35.2 Å². The molecule has 0 bridgehead atoms. The van der Waals surface area contributed by atoms with Crippen molar-refractivity contribution in [1.29, 1.82) is 0 Å². The average molecular weight is 371 g/mol. The van der Waals surface area contributed by atoms with E-state index >= 15 is 0 Å². The summed E-state index contributed by atoms with van der Waals surface area (Å²) in [4.78, 5) is 18.7. The highest BCUT2D eigenvalue weighted by atomic mass is 35.5. The summed E-state index contributed by atoms with van der Waals surface area (Å²) in [6.07, 6.45) is 1.63. The summed E-state index contributed by atoms with van der Waals surface area (Å²) in [5, 5.41) is 1.31. The number of nitrogens with zero attached hydrogens (tertiary/aromatic N) is 2. The molecule has 0 unspecified atom stereocenters. The molecule has 0 radical (unpaired) electrons. The number of carbonyl (C=O) groups is 1. The number of amides is 1. The quantitative estimate of drug-likeness (QED) is 0.657. The van der Waals surface area contributed by atoms with Gasteiger partial charge in [0.1, 0.15) is 6.61 Å². The molecule has 134 valence electrons. The maximum absolute atomic E-state index is 12.8. The van der Waals surface area contributed by atoms with Crippen LogP contribution in [0.15, 0.2) is 54.7 Å². The first kappa shape index (κ1) is 18.0. The van der Waals surface area contributed by atoms with Crippen molar-refractivity contribution in [2.24, 2.45) is 0 Å².